The minimum atomic E-state index is 0. The Morgan fingerprint density at radius 3 is 1.46 bits per heavy atom. The van der Waals surface area contributed by atoms with Crippen LogP contribution in [0.15, 0.2) is 122 Å². The number of hydrogen-bond acceptors (Lipinski definition) is 5. The van der Waals surface area contributed by atoms with Gasteiger partial charge in [-0.05, 0) is 50.3 Å². The van der Waals surface area contributed by atoms with Crippen molar-refractivity contribution >= 4 is 5.78 Å². The zero-order valence-electron chi connectivity index (χ0n) is 27.5. The van der Waals surface area contributed by atoms with Crippen molar-refractivity contribution in [1.29, 1.82) is 5.26 Å². The van der Waals surface area contributed by atoms with Crippen LogP contribution in [0.5, 0.6) is 0 Å². The monoisotopic (exact) mass is 1200 g/mol. The first-order chi connectivity index (χ1) is 22.8. The van der Waals surface area contributed by atoms with Crippen molar-refractivity contribution in [1.82, 2.24) is 29.3 Å². The molecule has 0 saturated heterocycles. The Bertz CT molecular complexity index is 2100. The van der Waals surface area contributed by atoms with Crippen LogP contribution in [0.1, 0.15) is 39.9 Å². The van der Waals surface area contributed by atoms with Crippen molar-refractivity contribution < 1.29 is 68.0 Å². The van der Waals surface area contributed by atoms with E-state index in [2.05, 4.69) is 57.9 Å². The molecule has 0 bridgehead atoms. The van der Waals surface area contributed by atoms with Gasteiger partial charge in [0.2, 0.25) is 0 Å². The molecule has 0 aliphatic heterocycles. The third-order valence-electron chi connectivity index (χ3n) is 7.10. The van der Waals surface area contributed by atoms with Gasteiger partial charge in [-0.2, -0.15) is 93.4 Å². The predicted molar refractivity (Wildman–Crippen MR) is 182 cm³/mol. The summed E-state index contributed by atoms with van der Waals surface area (Å²) in [5, 5.41) is 21.8. The van der Waals surface area contributed by atoms with Crippen molar-refractivity contribution in [2.24, 2.45) is 0 Å². The Balaban J connectivity index is 0.000000255. The average molecular weight is 1200 g/mol. The molecule has 0 N–H and O–H groups in total. The molecular formula is C39H32N7OPt3-3. The molecule has 3 heterocycles. The quantitative estimate of drug-likeness (QED) is 0.130. The van der Waals surface area contributed by atoms with Gasteiger partial charge in [0.25, 0.3) is 0 Å². The number of Topliss-reactive ketones (excluding diaryl/α,β-unsaturated/α-hetero) is 1. The van der Waals surface area contributed by atoms with Crippen LogP contribution in [0.25, 0.3) is 28.2 Å². The van der Waals surface area contributed by atoms with E-state index in [0.29, 0.717) is 11.1 Å². The van der Waals surface area contributed by atoms with Gasteiger partial charge in [0.15, 0.2) is 5.78 Å². The molecule has 0 unspecified atom stereocenters. The van der Waals surface area contributed by atoms with E-state index >= 15 is 0 Å². The molecule has 8 nitrogen and oxygen atoms in total. The number of ketones is 1. The van der Waals surface area contributed by atoms with Crippen molar-refractivity contribution in [2.75, 3.05) is 0 Å². The minimum absolute atomic E-state index is 0. The molecule has 0 spiro atoms. The summed E-state index contributed by atoms with van der Waals surface area (Å²) in [6.07, 6.45) is 5.50. The van der Waals surface area contributed by atoms with Crippen LogP contribution < -0.4 is 0 Å². The van der Waals surface area contributed by atoms with Crippen molar-refractivity contribution in [3.63, 3.8) is 0 Å². The molecule has 0 aliphatic rings. The van der Waals surface area contributed by atoms with Gasteiger partial charge in [0.05, 0.1) is 28.2 Å². The van der Waals surface area contributed by atoms with E-state index < -0.39 is 0 Å². The molecule has 262 valence electrons. The molecule has 3 aromatic heterocycles. The molecule has 0 amide bonds. The summed E-state index contributed by atoms with van der Waals surface area (Å²) in [6.45, 7) is 7.22. The third kappa shape index (κ3) is 10.9. The van der Waals surface area contributed by atoms with E-state index in [-0.39, 0.29) is 69.0 Å². The van der Waals surface area contributed by atoms with E-state index in [9.17, 15) is 4.79 Å². The van der Waals surface area contributed by atoms with Gasteiger partial charge < -0.3 is 0 Å². The van der Waals surface area contributed by atoms with Crippen molar-refractivity contribution in [3.8, 4) is 34.3 Å². The molecular weight excluding hydrogens is 1170 g/mol. The molecule has 50 heavy (non-hydrogen) atoms. The zero-order valence-corrected chi connectivity index (χ0v) is 34.4. The molecule has 0 saturated carbocycles. The molecule has 0 fully saturated rings. The normalized spacial score (nSPS) is 9.58. The number of nitriles is 1. The van der Waals surface area contributed by atoms with Gasteiger partial charge in [0, 0.05) is 87.3 Å². The molecule has 7 rings (SSSR count). The van der Waals surface area contributed by atoms with Crippen LogP contribution in [0, 0.1) is 50.3 Å². The summed E-state index contributed by atoms with van der Waals surface area (Å²) < 4.78 is 5.21. The van der Waals surface area contributed by atoms with Gasteiger partial charge in [-0.15, -0.1) is 18.2 Å². The van der Waals surface area contributed by atoms with Crippen LogP contribution in [-0.4, -0.2) is 35.1 Å². The topological polar surface area (TPSA) is 94.3 Å². The second kappa shape index (κ2) is 20.4. The van der Waals surface area contributed by atoms with Crippen LogP contribution in [0.4, 0.5) is 0 Å². The van der Waals surface area contributed by atoms with Crippen LogP contribution in [0.3, 0.4) is 0 Å². The van der Waals surface area contributed by atoms with E-state index in [1.807, 2.05) is 116 Å². The van der Waals surface area contributed by atoms with Crippen LogP contribution in [-0.2, 0) is 63.2 Å². The number of aryl methyl sites for hydroxylation is 3. The summed E-state index contributed by atoms with van der Waals surface area (Å²) in [4.78, 5) is 11.2. The Hall–Kier alpha value is -4.27. The second-order valence-corrected chi connectivity index (χ2v) is 10.5. The van der Waals surface area contributed by atoms with Gasteiger partial charge in [-0.1, -0.05) is 30.3 Å². The Morgan fingerprint density at radius 1 is 0.600 bits per heavy atom. The van der Waals surface area contributed by atoms with Gasteiger partial charge >= 0.3 is 0 Å². The van der Waals surface area contributed by atoms with E-state index in [4.69, 9.17) is 5.26 Å². The largest absolute Gasteiger partial charge is 0.294 e. The van der Waals surface area contributed by atoms with Crippen LogP contribution >= 0.6 is 0 Å². The number of carbonyl (C=O) groups is 1. The van der Waals surface area contributed by atoms with E-state index in [0.717, 1.165) is 39.7 Å². The number of aromatic nitrogens is 6. The predicted octanol–water partition coefficient (Wildman–Crippen LogP) is 7.68. The maximum atomic E-state index is 11.2. The fraction of sp³-hybridized carbons (Fsp3) is 0.103. The molecule has 0 aliphatic carbocycles. The summed E-state index contributed by atoms with van der Waals surface area (Å²) in [7, 11) is 0. The van der Waals surface area contributed by atoms with E-state index in [1.165, 1.54) is 5.56 Å². The summed E-state index contributed by atoms with van der Waals surface area (Å²) in [5.41, 5.74) is 8.77. The fourth-order valence-electron chi connectivity index (χ4n) is 4.69. The molecule has 4 aromatic carbocycles. The summed E-state index contributed by atoms with van der Waals surface area (Å²) >= 11 is 0. The van der Waals surface area contributed by atoms with Gasteiger partial charge in [-0.3, -0.25) is 18.8 Å². The number of carbonyl (C=O) groups excluding carboxylic acids is 1. The minimum Gasteiger partial charge on any atom is -0.294 e. The molecule has 0 atom stereocenters. The number of benzene rings is 4. The molecule has 11 heteroatoms. The summed E-state index contributed by atoms with van der Waals surface area (Å²) in [6, 6.07) is 44.6. The SMILES string of the molecule is CC(=O)c1cn(-c2[c-]cccc2)nc1C.Cc1nn(-c2[c-]cccc2)cc1-c1ccccc1.Cc1nn(-c2[c-]cccc2)cc1C#N.[Pt].[Pt].[Pt]. The van der Waals surface area contributed by atoms with E-state index in [1.54, 1.807) is 28.7 Å². The van der Waals surface area contributed by atoms with Gasteiger partial charge in [0.1, 0.15) is 6.07 Å². The maximum Gasteiger partial charge on any atom is 0.163 e. The fourth-order valence-corrected chi connectivity index (χ4v) is 4.69. The number of rotatable bonds is 5. The average Bonchev–Trinajstić information content (AvgIpc) is 3.83. The maximum absolute atomic E-state index is 11.2. The number of nitrogens with zero attached hydrogens (tertiary/aromatic N) is 7. The number of hydrogen-bond donors (Lipinski definition) is 0. The van der Waals surface area contributed by atoms with Crippen molar-refractivity contribution in [3.05, 3.63) is 168 Å². The molecule has 0 radical (unpaired) electrons. The molecule has 7 aromatic rings. The van der Waals surface area contributed by atoms with Gasteiger partial charge in [-0.25, -0.2) is 0 Å². The number of para-hydroxylation sites is 3. The van der Waals surface area contributed by atoms with Crippen LogP contribution in [0.2, 0.25) is 0 Å². The first kappa shape index (κ1) is 41.9. The first-order valence-electron chi connectivity index (χ1n) is 14.9. The zero-order chi connectivity index (χ0) is 33.2. The summed E-state index contributed by atoms with van der Waals surface area (Å²) in [5.74, 6) is 0.0367. The standard InChI is InChI=1S/C16H13N2.C12H11N2O.C11H8N3.3Pt/c1-13-16(14-8-4-2-5-9-14)12-18(17-13)15-10-6-3-7-11-15;1-9-12(10(2)15)8-14(13-9)11-6-4-3-5-7-11;1-9-10(7-12)8-14(13-9)11-5-3-2-4-6-11;;;/h2-10,12H,1H3;3-6,8H,1-2H3;2-5,8H,1H3;;;/q3*-1;;;. The Kier molecular flexibility index (Phi) is 17.1. The third-order valence-corrected chi connectivity index (χ3v) is 7.10. The van der Waals surface area contributed by atoms with Crippen molar-refractivity contribution in [2.45, 2.75) is 27.7 Å². The smallest absolute Gasteiger partial charge is 0.163 e. The Morgan fingerprint density at radius 2 is 1.04 bits per heavy atom. The Labute approximate surface area is 336 Å². The first-order valence-corrected chi connectivity index (χ1v) is 14.9. The second-order valence-electron chi connectivity index (χ2n) is 10.5.